The fraction of sp³-hybridized carbons (Fsp3) is 0. The molecule has 9 heteroatoms. The molecule has 0 aliphatic rings. The van der Waals surface area contributed by atoms with E-state index < -0.39 is 4.92 Å². The van der Waals surface area contributed by atoms with Crippen molar-refractivity contribution in [3.8, 4) is 5.82 Å². The van der Waals surface area contributed by atoms with Crippen molar-refractivity contribution in [2.24, 2.45) is 5.84 Å². The van der Waals surface area contributed by atoms with Crippen LogP contribution in [0.15, 0.2) is 36.8 Å². The maximum absolute atomic E-state index is 11.1. The van der Waals surface area contributed by atoms with Gasteiger partial charge in [0.15, 0.2) is 0 Å². The number of hydrogen-bond acceptors (Lipinski definition) is 7. The van der Waals surface area contributed by atoms with Crippen LogP contribution in [0.2, 0.25) is 0 Å². The monoisotopic (exact) mass is 271 g/mol. The summed E-state index contributed by atoms with van der Waals surface area (Å²) in [6, 6.07) is 7.25. The lowest BCUT2D eigenvalue weighted by Gasteiger charge is -2.05. The molecule has 0 radical (unpaired) electrons. The highest BCUT2D eigenvalue weighted by Gasteiger charge is 2.20. The predicted octanol–water partition coefficient (Wildman–Crippen LogP) is 1.01. The van der Waals surface area contributed by atoms with E-state index in [0.717, 1.165) is 6.20 Å². The lowest BCUT2D eigenvalue weighted by Crippen LogP contribution is -2.13. The number of fused-ring (bicyclic) bond motifs is 1. The van der Waals surface area contributed by atoms with Crippen LogP contribution >= 0.6 is 0 Å². The van der Waals surface area contributed by atoms with E-state index in [0.29, 0.717) is 11.0 Å². The third-order valence-electron chi connectivity index (χ3n) is 2.76. The van der Waals surface area contributed by atoms with Crippen molar-refractivity contribution < 1.29 is 4.92 Å². The molecule has 1 aromatic carbocycles. The molecule has 20 heavy (non-hydrogen) atoms. The van der Waals surface area contributed by atoms with Crippen LogP contribution in [0.5, 0.6) is 0 Å². The minimum atomic E-state index is -0.551. The van der Waals surface area contributed by atoms with Gasteiger partial charge in [-0.3, -0.25) is 20.1 Å². The highest BCUT2D eigenvalue weighted by molar-refractivity contribution is 5.77. The normalized spacial score (nSPS) is 10.7. The van der Waals surface area contributed by atoms with Crippen LogP contribution in [0.3, 0.4) is 0 Å². The van der Waals surface area contributed by atoms with E-state index in [1.807, 2.05) is 12.1 Å². The number of imidazole rings is 1. The molecule has 0 unspecified atom stereocenters. The Morgan fingerprint density at radius 1 is 1.30 bits per heavy atom. The number of aromatic nitrogens is 4. The number of para-hydroxylation sites is 2. The zero-order valence-corrected chi connectivity index (χ0v) is 10.1. The van der Waals surface area contributed by atoms with Gasteiger partial charge in [0.1, 0.15) is 12.5 Å². The zero-order chi connectivity index (χ0) is 14.1. The third-order valence-corrected chi connectivity index (χ3v) is 2.76. The van der Waals surface area contributed by atoms with Crippen molar-refractivity contribution >= 4 is 22.7 Å². The topological polar surface area (TPSA) is 125 Å². The average Bonchev–Trinajstić information content (AvgIpc) is 2.90. The molecule has 0 bridgehead atoms. The molecule has 0 aliphatic carbocycles. The summed E-state index contributed by atoms with van der Waals surface area (Å²) >= 11 is 0. The molecule has 0 saturated carbocycles. The highest BCUT2D eigenvalue weighted by atomic mass is 16.6. The van der Waals surface area contributed by atoms with Gasteiger partial charge >= 0.3 is 5.69 Å². The van der Waals surface area contributed by atoms with Crippen LogP contribution in [0, 0.1) is 10.1 Å². The summed E-state index contributed by atoms with van der Waals surface area (Å²) in [5, 5.41) is 11.1. The number of nitrogens with zero attached hydrogens (tertiary/aromatic N) is 5. The SMILES string of the molecule is NNc1ncc([N+](=O)[O-])c(-n2cnc3ccccc32)n1. The van der Waals surface area contributed by atoms with Crippen LogP contribution in [0.1, 0.15) is 0 Å². The summed E-state index contributed by atoms with van der Waals surface area (Å²) in [6.07, 6.45) is 2.58. The van der Waals surface area contributed by atoms with Gasteiger partial charge in [-0.05, 0) is 12.1 Å². The van der Waals surface area contributed by atoms with E-state index in [2.05, 4.69) is 20.4 Å². The summed E-state index contributed by atoms with van der Waals surface area (Å²) in [6.45, 7) is 0. The lowest BCUT2D eigenvalue weighted by atomic mass is 10.3. The number of nitrogens with two attached hydrogens (primary N) is 1. The number of hydrazine groups is 1. The molecule has 3 rings (SSSR count). The molecule has 3 N–H and O–H groups in total. The van der Waals surface area contributed by atoms with Crippen molar-refractivity contribution in [3.63, 3.8) is 0 Å². The van der Waals surface area contributed by atoms with Gasteiger partial charge in [0.25, 0.3) is 0 Å². The van der Waals surface area contributed by atoms with Crippen LogP contribution in [0.4, 0.5) is 11.6 Å². The number of anilines is 1. The molecule has 0 spiro atoms. The molecular formula is C11H9N7O2. The van der Waals surface area contributed by atoms with Crippen molar-refractivity contribution in [3.05, 3.63) is 46.9 Å². The van der Waals surface area contributed by atoms with E-state index in [1.165, 1.54) is 10.9 Å². The first-order chi connectivity index (χ1) is 9.70. The van der Waals surface area contributed by atoms with E-state index in [1.54, 1.807) is 12.1 Å². The second-order valence-corrected chi connectivity index (χ2v) is 3.91. The van der Waals surface area contributed by atoms with Gasteiger partial charge in [-0.2, -0.15) is 4.98 Å². The second kappa shape index (κ2) is 4.55. The molecule has 9 nitrogen and oxygen atoms in total. The largest absolute Gasteiger partial charge is 0.330 e. The second-order valence-electron chi connectivity index (χ2n) is 3.91. The highest BCUT2D eigenvalue weighted by Crippen LogP contribution is 2.24. The Labute approximate surface area is 112 Å². The summed E-state index contributed by atoms with van der Waals surface area (Å²) in [5.74, 6) is 5.43. The van der Waals surface area contributed by atoms with Crippen LogP contribution in [-0.2, 0) is 0 Å². The van der Waals surface area contributed by atoms with Crippen LogP contribution in [0.25, 0.3) is 16.9 Å². The fourth-order valence-corrected chi connectivity index (χ4v) is 1.87. The first-order valence-corrected chi connectivity index (χ1v) is 5.61. The summed E-state index contributed by atoms with van der Waals surface area (Å²) in [4.78, 5) is 22.5. The molecule has 3 aromatic rings. The standard InChI is InChI=1S/C11H9N7O2/c12-16-11-13-5-9(18(19)20)10(15-11)17-6-14-7-3-1-2-4-8(7)17/h1-6H,12H2,(H,13,15,16). The average molecular weight is 271 g/mol. The van der Waals surface area contributed by atoms with E-state index in [9.17, 15) is 10.1 Å². The van der Waals surface area contributed by atoms with Crippen molar-refractivity contribution in [2.45, 2.75) is 0 Å². The predicted molar refractivity (Wildman–Crippen MR) is 71.1 cm³/mol. The van der Waals surface area contributed by atoms with Gasteiger partial charge < -0.3 is 0 Å². The lowest BCUT2D eigenvalue weighted by molar-refractivity contribution is -0.385. The van der Waals surface area contributed by atoms with Gasteiger partial charge in [0, 0.05) is 0 Å². The number of hydrogen-bond donors (Lipinski definition) is 2. The summed E-state index contributed by atoms with van der Waals surface area (Å²) < 4.78 is 1.52. The summed E-state index contributed by atoms with van der Waals surface area (Å²) in [7, 11) is 0. The number of rotatable bonds is 3. The molecule has 0 aliphatic heterocycles. The maximum atomic E-state index is 11.1. The van der Waals surface area contributed by atoms with Crippen LogP contribution < -0.4 is 11.3 Å². The van der Waals surface area contributed by atoms with Gasteiger partial charge in [-0.1, -0.05) is 12.1 Å². The third kappa shape index (κ3) is 1.82. The van der Waals surface area contributed by atoms with Gasteiger partial charge in [0.2, 0.25) is 11.8 Å². The maximum Gasteiger partial charge on any atom is 0.330 e. The molecule has 0 fully saturated rings. The Morgan fingerprint density at radius 2 is 2.10 bits per heavy atom. The first-order valence-electron chi connectivity index (χ1n) is 5.61. The summed E-state index contributed by atoms with van der Waals surface area (Å²) in [5.41, 5.74) is 3.45. The minimum absolute atomic E-state index is 0.0865. The van der Waals surface area contributed by atoms with E-state index in [-0.39, 0.29) is 17.5 Å². The first kappa shape index (κ1) is 12.0. The number of nitrogen functional groups attached to an aromatic ring is 1. The number of nitro groups is 1. The number of benzene rings is 1. The molecule has 0 atom stereocenters. The van der Waals surface area contributed by atoms with E-state index >= 15 is 0 Å². The zero-order valence-electron chi connectivity index (χ0n) is 10.1. The van der Waals surface area contributed by atoms with Gasteiger partial charge in [-0.15, -0.1) is 0 Å². The Hall–Kier alpha value is -3.07. The molecule has 2 heterocycles. The van der Waals surface area contributed by atoms with Crippen LogP contribution in [-0.4, -0.2) is 24.4 Å². The number of nitrogens with one attached hydrogen (secondary N) is 1. The molecule has 0 saturated heterocycles. The molecule has 100 valence electrons. The fourth-order valence-electron chi connectivity index (χ4n) is 1.87. The Kier molecular flexibility index (Phi) is 2.73. The smallest absolute Gasteiger partial charge is 0.292 e. The molecule has 2 aromatic heterocycles. The molecule has 0 amide bonds. The Bertz CT molecular complexity index is 798. The van der Waals surface area contributed by atoms with Crippen molar-refractivity contribution in [2.75, 3.05) is 5.43 Å². The van der Waals surface area contributed by atoms with Gasteiger partial charge in [0.05, 0.1) is 16.0 Å². The van der Waals surface area contributed by atoms with E-state index in [4.69, 9.17) is 5.84 Å². The molecular weight excluding hydrogens is 262 g/mol. The quantitative estimate of drug-likeness (QED) is 0.413. The Balaban J connectivity index is 2.29. The minimum Gasteiger partial charge on any atom is -0.292 e. The van der Waals surface area contributed by atoms with Crippen molar-refractivity contribution in [1.29, 1.82) is 0 Å². The van der Waals surface area contributed by atoms with Crippen molar-refractivity contribution in [1.82, 2.24) is 19.5 Å². The Morgan fingerprint density at radius 3 is 2.85 bits per heavy atom. The van der Waals surface area contributed by atoms with Gasteiger partial charge in [-0.25, -0.2) is 15.8 Å².